The molecule has 1 aromatic carbocycles. The van der Waals surface area contributed by atoms with Crippen LogP contribution < -0.4 is 5.73 Å². The minimum absolute atomic E-state index is 0.229. The van der Waals surface area contributed by atoms with Crippen molar-refractivity contribution in [3.63, 3.8) is 0 Å². The van der Waals surface area contributed by atoms with Gasteiger partial charge in [-0.2, -0.15) is 0 Å². The predicted molar refractivity (Wildman–Crippen MR) is 71.0 cm³/mol. The summed E-state index contributed by atoms with van der Waals surface area (Å²) in [4.78, 5) is 0. The van der Waals surface area contributed by atoms with Crippen LogP contribution in [0.2, 0.25) is 0 Å². The second-order valence-corrected chi connectivity index (χ2v) is 6.40. The number of benzene rings is 1. The van der Waals surface area contributed by atoms with Crippen LogP contribution in [0.5, 0.6) is 0 Å². The monoisotopic (exact) mass is 231 g/mol. The quantitative estimate of drug-likeness (QED) is 0.840. The van der Waals surface area contributed by atoms with Crippen LogP contribution in [0.3, 0.4) is 0 Å². The number of rotatable bonds is 2. The number of nitrogens with two attached hydrogens (primary N) is 1. The average Bonchev–Trinajstić information content (AvgIpc) is 2.67. The molecule has 1 aromatic heterocycles. The molecular formula is C14H17NS. The van der Waals surface area contributed by atoms with Crippen LogP contribution in [0.25, 0.3) is 10.1 Å². The fourth-order valence-electron chi connectivity index (χ4n) is 2.98. The number of fused-ring (bicyclic) bond motifs is 1. The van der Waals surface area contributed by atoms with E-state index in [9.17, 15) is 0 Å². The lowest BCUT2D eigenvalue weighted by atomic mass is 9.88. The Balaban J connectivity index is 2.20. The molecule has 1 unspecified atom stereocenters. The summed E-state index contributed by atoms with van der Waals surface area (Å²) in [6, 6.07) is 8.66. The van der Waals surface area contributed by atoms with Gasteiger partial charge in [0.15, 0.2) is 0 Å². The second kappa shape index (κ2) is 3.08. The Morgan fingerprint density at radius 1 is 1.31 bits per heavy atom. The fourth-order valence-corrected chi connectivity index (χ4v) is 4.04. The van der Waals surface area contributed by atoms with Crippen LogP contribution in [-0.4, -0.2) is 6.54 Å². The van der Waals surface area contributed by atoms with E-state index in [1.807, 2.05) is 11.3 Å². The Kier molecular flexibility index (Phi) is 1.99. The minimum Gasteiger partial charge on any atom is -0.330 e. The molecule has 1 atom stereocenters. The first-order chi connectivity index (χ1) is 7.61. The Morgan fingerprint density at radius 2 is 2.00 bits per heavy atom. The largest absolute Gasteiger partial charge is 0.330 e. The molecule has 2 heteroatoms. The predicted octanol–water partition coefficient (Wildman–Crippen LogP) is 3.53. The summed E-state index contributed by atoms with van der Waals surface area (Å²) in [7, 11) is 0. The van der Waals surface area contributed by atoms with Crippen molar-refractivity contribution in [2.24, 2.45) is 11.1 Å². The molecule has 0 aliphatic heterocycles. The van der Waals surface area contributed by atoms with Crippen LogP contribution in [-0.2, 0) is 5.41 Å². The van der Waals surface area contributed by atoms with Crippen LogP contribution in [0.4, 0.5) is 0 Å². The van der Waals surface area contributed by atoms with E-state index in [2.05, 4.69) is 43.5 Å². The van der Waals surface area contributed by atoms with Gasteiger partial charge in [0.2, 0.25) is 0 Å². The maximum absolute atomic E-state index is 6.03. The van der Waals surface area contributed by atoms with E-state index in [-0.39, 0.29) is 5.41 Å². The average molecular weight is 231 g/mol. The number of hydrogen-bond donors (Lipinski definition) is 1. The molecule has 1 aliphatic carbocycles. The molecule has 0 radical (unpaired) electrons. The van der Waals surface area contributed by atoms with E-state index in [0.29, 0.717) is 5.41 Å². The van der Waals surface area contributed by atoms with Crippen LogP contribution in [0, 0.1) is 5.41 Å². The SMILES string of the molecule is CC1(C)CC1(CN)c1csc2ccccc12. The van der Waals surface area contributed by atoms with Crippen molar-refractivity contribution >= 4 is 21.4 Å². The number of hydrogen-bond acceptors (Lipinski definition) is 2. The molecule has 0 amide bonds. The maximum atomic E-state index is 6.03. The van der Waals surface area contributed by atoms with Crippen molar-refractivity contribution < 1.29 is 0 Å². The van der Waals surface area contributed by atoms with E-state index in [1.54, 1.807) is 0 Å². The van der Waals surface area contributed by atoms with E-state index in [1.165, 1.54) is 22.1 Å². The highest BCUT2D eigenvalue weighted by molar-refractivity contribution is 7.17. The zero-order valence-corrected chi connectivity index (χ0v) is 10.6. The van der Waals surface area contributed by atoms with Crippen LogP contribution in [0.1, 0.15) is 25.8 Å². The molecule has 1 aliphatic rings. The Hall–Kier alpha value is -0.860. The van der Waals surface area contributed by atoms with Gasteiger partial charge in [0.05, 0.1) is 0 Å². The second-order valence-electron chi connectivity index (χ2n) is 5.49. The van der Waals surface area contributed by atoms with Crippen molar-refractivity contribution in [2.75, 3.05) is 6.54 Å². The smallest absolute Gasteiger partial charge is 0.0345 e. The van der Waals surface area contributed by atoms with Gasteiger partial charge in [-0.3, -0.25) is 0 Å². The molecule has 1 heterocycles. The Morgan fingerprint density at radius 3 is 2.62 bits per heavy atom. The summed E-state index contributed by atoms with van der Waals surface area (Å²) in [5, 5.41) is 3.72. The van der Waals surface area contributed by atoms with Gasteiger partial charge in [-0.25, -0.2) is 0 Å². The molecule has 0 saturated heterocycles. The normalized spacial score (nSPS) is 27.2. The zero-order chi connectivity index (χ0) is 11.4. The summed E-state index contributed by atoms with van der Waals surface area (Å²) in [5.74, 6) is 0. The van der Waals surface area contributed by atoms with Gasteiger partial charge < -0.3 is 5.73 Å². The van der Waals surface area contributed by atoms with Gasteiger partial charge in [0, 0.05) is 16.7 Å². The number of thiophene rings is 1. The molecule has 2 aromatic rings. The first kappa shape index (κ1) is 10.3. The third-order valence-electron chi connectivity index (χ3n) is 4.26. The zero-order valence-electron chi connectivity index (χ0n) is 9.79. The molecule has 1 fully saturated rings. The third kappa shape index (κ3) is 1.14. The Bertz CT molecular complexity index is 540. The maximum Gasteiger partial charge on any atom is 0.0345 e. The summed E-state index contributed by atoms with van der Waals surface area (Å²) in [6.45, 7) is 5.42. The van der Waals surface area contributed by atoms with E-state index in [0.717, 1.165) is 6.54 Å². The molecule has 1 nitrogen and oxygen atoms in total. The van der Waals surface area contributed by atoms with Crippen molar-refractivity contribution in [1.29, 1.82) is 0 Å². The molecule has 3 rings (SSSR count). The van der Waals surface area contributed by atoms with Crippen molar-refractivity contribution in [3.8, 4) is 0 Å². The first-order valence-electron chi connectivity index (χ1n) is 5.77. The van der Waals surface area contributed by atoms with Crippen LogP contribution >= 0.6 is 11.3 Å². The summed E-state index contributed by atoms with van der Waals surface area (Å²) in [6.07, 6.45) is 1.22. The van der Waals surface area contributed by atoms with Gasteiger partial charge in [-0.1, -0.05) is 32.0 Å². The van der Waals surface area contributed by atoms with E-state index in [4.69, 9.17) is 5.73 Å². The highest BCUT2D eigenvalue weighted by Gasteiger charge is 2.61. The Labute approximate surface area is 100 Å². The van der Waals surface area contributed by atoms with Gasteiger partial charge in [0.1, 0.15) is 0 Å². The van der Waals surface area contributed by atoms with Crippen molar-refractivity contribution in [3.05, 3.63) is 35.2 Å². The lowest BCUT2D eigenvalue weighted by molar-refractivity contribution is 0.506. The molecular weight excluding hydrogens is 214 g/mol. The van der Waals surface area contributed by atoms with Crippen molar-refractivity contribution in [2.45, 2.75) is 25.7 Å². The van der Waals surface area contributed by atoms with E-state index >= 15 is 0 Å². The standard InChI is InChI=1S/C14H17NS/c1-13(2)8-14(13,9-15)11-7-16-12-6-4-3-5-10(11)12/h3-7H,8-9,15H2,1-2H3. The van der Waals surface area contributed by atoms with E-state index < -0.39 is 0 Å². The van der Waals surface area contributed by atoms with Gasteiger partial charge in [0.25, 0.3) is 0 Å². The molecule has 16 heavy (non-hydrogen) atoms. The minimum atomic E-state index is 0.229. The molecule has 0 bridgehead atoms. The molecule has 1 saturated carbocycles. The topological polar surface area (TPSA) is 26.0 Å². The summed E-state index contributed by atoms with van der Waals surface area (Å²) in [5.41, 5.74) is 8.10. The van der Waals surface area contributed by atoms with Gasteiger partial charge >= 0.3 is 0 Å². The lowest BCUT2D eigenvalue weighted by Crippen LogP contribution is -2.24. The molecule has 0 spiro atoms. The third-order valence-corrected chi connectivity index (χ3v) is 5.22. The highest BCUT2D eigenvalue weighted by atomic mass is 32.1. The van der Waals surface area contributed by atoms with Gasteiger partial charge in [-0.15, -0.1) is 11.3 Å². The first-order valence-corrected chi connectivity index (χ1v) is 6.65. The fraction of sp³-hybridized carbons (Fsp3) is 0.429. The molecule has 84 valence electrons. The highest BCUT2D eigenvalue weighted by Crippen LogP contribution is 2.65. The summed E-state index contributed by atoms with van der Waals surface area (Å²) >= 11 is 1.84. The summed E-state index contributed by atoms with van der Waals surface area (Å²) < 4.78 is 1.38. The molecule has 2 N–H and O–H groups in total. The van der Waals surface area contributed by atoms with Crippen molar-refractivity contribution in [1.82, 2.24) is 0 Å². The van der Waals surface area contributed by atoms with Gasteiger partial charge in [-0.05, 0) is 34.2 Å². The van der Waals surface area contributed by atoms with Crippen LogP contribution in [0.15, 0.2) is 29.6 Å². The lowest BCUT2D eigenvalue weighted by Gasteiger charge is -2.18.